The Morgan fingerprint density at radius 1 is 1.37 bits per heavy atom. The van der Waals surface area contributed by atoms with Crippen LogP contribution in [0.15, 0.2) is 11.4 Å². The summed E-state index contributed by atoms with van der Waals surface area (Å²) in [5, 5.41) is 2.24. The summed E-state index contributed by atoms with van der Waals surface area (Å²) < 4.78 is 0. The summed E-state index contributed by atoms with van der Waals surface area (Å²) in [7, 11) is 2.22. The number of likely N-dealkylation sites (tertiary alicyclic amines) is 1. The van der Waals surface area contributed by atoms with Crippen molar-refractivity contribution in [3.63, 3.8) is 0 Å². The molecule has 0 radical (unpaired) electrons. The molecule has 1 fully saturated rings. The molecular formula is C15H25N3S. The first-order valence-electron chi connectivity index (χ1n) is 7.38. The number of fused-ring (bicyclic) bond motifs is 1. The number of thiophene rings is 1. The number of hydrogen-bond acceptors (Lipinski definition) is 4. The second-order valence-corrected chi connectivity index (χ2v) is 7.15. The van der Waals surface area contributed by atoms with Gasteiger partial charge in [-0.15, -0.1) is 11.3 Å². The van der Waals surface area contributed by atoms with Crippen molar-refractivity contribution in [1.82, 2.24) is 9.80 Å². The third-order valence-electron chi connectivity index (χ3n) is 5.18. The molecule has 2 aliphatic rings. The van der Waals surface area contributed by atoms with E-state index in [9.17, 15) is 0 Å². The van der Waals surface area contributed by atoms with Crippen LogP contribution in [0.5, 0.6) is 0 Å². The second-order valence-electron chi connectivity index (χ2n) is 6.15. The first-order valence-corrected chi connectivity index (χ1v) is 8.26. The number of piperidine rings is 1. The lowest BCUT2D eigenvalue weighted by atomic mass is 9.82. The Morgan fingerprint density at radius 2 is 2.11 bits per heavy atom. The minimum Gasteiger partial charge on any atom is -0.329 e. The van der Waals surface area contributed by atoms with Crippen LogP contribution in [0, 0.1) is 0 Å². The average Bonchev–Trinajstić information content (AvgIpc) is 2.90. The lowest BCUT2D eigenvalue weighted by molar-refractivity contribution is 0.00143. The van der Waals surface area contributed by atoms with Gasteiger partial charge in [-0.2, -0.15) is 0 Å². The second kappa shape index (κ2) is 5.17. The number of nitrogens with two attached hydrogens (primary N) is 1. The molecular weight excluding hydrogens is 254 g/mol. The van der Waals surface area contributed by atoms with Gasteiger partial charge in [0.15, 0.2) is 0 Å². The van der Waals surface area contributed by atoms with E-state index in [-0.39, 0.29) is 5.54 Å². The Labute approximate surface area is 120 Å². The summed E-state index contributed by atoms with van der Waals surface area (Å²) in [6, 6.07) is 2.85. The fraction of sp³-hybridized carbons (Fsp3) is 0.733. The van der Waals surface area contributed by atoms with E-state index in [2.05, 4.69) is 35.2 Å². The molecule has 3 heterocycles. The first-order chi connectivity index (χ1) is 9.16. The summed E-state index contributed by atoms with van der Waals surface area (Å²) in [6.45, 7) is 6.69. The lowest BCUT2D eigenvalue weighted by Crippen LogP contribution is -2.60. The topological polar surface area (TPSA) is 32.5 Å². The van der Waals surface area contributed by atoms with Gasteiger partial charge in [0.2, 0.25) is 0 Å². The zero-order chi connectivity index (χ0) is 13.5. The molecule has 0 bridgehead atoms. The van der Waals surface area contributed by atoms with Crippen molar-refractivity contribution >= 4 is 11.3 Å². The van der Waals surface area contributed by atoms with Gasteiger partial charge in [0.25, 0.3) is 0 Å². The van der Waals surface area contributed by atoms with E-state index in [4.69, 9.17) is 5.73 Å². The molecule has 0 aromatic carbocycles. The molecule has 3 nitrogen and oxygen atoms in total. The maximum atomic E-state index is 6.21. The standard InChI is InChI=1S/C15H25N3S/c1-12-13-4-10-19-14(13)3-7-18(12)15(11-16)5-8-17(2)9-6-15/h4,10,12H,3,5-9,11,16H2,1-2H3. The summed E-state index contributed by atoms with van der Waals surface area (Å²) in [5.74, 6) is 0. The summed E-state index contributed by atoms with van der Waals surface area (Å²) in [5.41, 5.74) is 7.99. The van der Waals surface area contributed by atoms with Crippen LogP contribution in [0.4, 0.5) is 0 Å². The smallest absolute Gasteiger partial charge is 0.0362 e. The average molecular weight is 279 g/mol. The summed E-state index contributed by atoms with van der Waals surface area (Å²) in [6.07, 6.45) is 3.63. The normalized spacial score (nSPS) is 28.3. The third-order valence-corrected chi connectivity index (χ3v) is 6.18. The molecule has 1 aromatic heterocycles. The molecule has 19 heavy (non-hydrogen) atoms. The highest BCUT2D eigenvalue weighted by molar-refractivity contribution is 7.10. The first kappa shape index (κ1) is 13.6. The molecule has 3 rings (SSSR count). The minimum atomic E-state index is 0.228. The molecule has 1 saturated heterocycles. The van der Waals surface area contributed by atoms with Gasteiger partial charge < -0.3 is 10.6 Å². The fourth-order valence-electron chi connectivity index (χ4n) is 3.80. The molecule has 1 aromatic rings. The van der Waals surface area contributed by atoms with Crippen molar-refractivity contribution in [1.29, 1.82) is 0 Å². The quantitative estimate of drug-likeness (QED) is 0.900. The molecule has 2 aliphatic heterocycles. The van der Waals surface area contributed by atoms with Crippen LogP contribution in [-0.2, 0) is 6.42 Å². The van der Waals surface area contributed by atoms with Crippen LogP contribution >= 0.6 is 11.3 Å². The minimum absolute atomic E-state index is 0.228. The highest BCUT2D eigenvalue weighted by Gasteiger charge is 2.42. The van der Waals surface area contributed by atoms with Crippen LogP contribution in [0.1, 0.15) is 36.2 Å². The predicted molar refractivity (Wildman–Crippen MR) is 81.7 cm³/mol. The van der Waals surface area contributed by atoms with Crippen LogP contribution in [0.2, 0.25) is 0 Å². The van der Waals surface area contributed by atoms with Crippen LogP contribution in [0.25, 0.3) is 0 Å². The Morgan fingerprint density at radius 3 is 2.79 bits per heavy atom. The number of rotatable bonds is 2. The highest BCUT2D eigenvalue weighted by Crippen LogP contribution is 2.40. The van der Waals surface area contributed by atoms with Crippen molar-refractivity contribution in [3.05, 3.63) is 21.9 Å². The zero-order valence-electron chi connectivity index (χ0n) is 12.1. The van der Waals surface area contributed by atoms with Gasteiger partial charge in [-0.25, -0.2) is 0 Å². The Balaban J connectivity index is 1.85. The molecule has 4 heteroatoms. The van der Waals surface area contributed by atoms with E-state index in [0.717, 1.165) is 6.54 Å². The number of hydrogen-bond donors (Lipinski definition) is 1. The van der Waals surface area contributed by atoms with Gasteiger partial charge in [0, 0.05) is 29.5 Å². The van der Waals surface area contributed by atoms with Gasteiger partial charge in [0.05, 0.1) is 0 Å². The molecule has 0 spiro atoms. The zero-order valence-corrected chi connectivity index (χ0v) is 12.9. The molecule has 0 aliphatic carbocycles. The van der Waals surface area contributed by atoms with Crippen LogP contribution in [-0.4, -0.2) is 48.6 Å². The van der Waals surface area contributed by atoms with Gasteiger partial charge in [-0.05, 0) is 63.3 Å². The van der Waals surface area contributed by atoms with Crippen LogP contribution < -0.4 is 5.73 Å². The maximum Gasteiger partial charge on any atom is 0.0362 e. The fourth-order valence-corrected chi connectivity index (χ4v) is 4.76. The Kier molecular flexibility index (Phi) is 3.69. The third kappa shape index (κ3) is 2.25. The SMILES string of the molecule is CC1c2ccsc2CCN1C1(CN)CCN(C)CC1. The van der Waals surface area contributed by atoms with E-state index in [1.165, 1.54) is 38.9 Å². The van der Waals surface area contributed by atoms with Crippen molar-refractivity contribution < 1.29 is 0 Å². The molecule has 2 N–H and O–H groups in total. The van der Waals surface area contributed by atoms with Crippen molar-refractivity contribution in [2.75, 3.05) is 33.2 Å². The molecule has 0 saturated carbocycles. The van der Waals surface area contributed by atoms with E-state index < -0.39 is 0 Å². The van der Waals surface area contributed by atoms with E-state index in [0.29, 0.717) is 6.04 Å². The Bertz CT molecular complexity index is 434. The number of nitrogens with zero attached hydrogens (tertiary/aromatic N) is 2. The van der Waals surface area contributed by atoms with Gasteiger partial charge in [-0.3, -0.25) is 4.90 Å². The maximum absolute atomic E-state index is 6.21. The van der Waals surface area contributed by atoms with Gasteiger partial charge >= 0.3 is 0 Å². The summed E-state index contributed by atoms with van der Waals surface area (Å²) >= 11 is 1.92. The lowest BCUT2D eigenvalue weighted by Gasteiger charge is -2.52. The van der Waals surface area contributed by atoms with E-state index >= 15 is 0 Å². The predicted octanol–water partition coefficient (Wildman–Crippen LogP) is 2.09. The summed E-state index contributed by atoms with van der Waals surface area (Å²) in [4.78, 5) is 6.72. The molecule has 106 valence electrons. The Hall–Kier alpha value is -0.420. The largest absolute Gasteiger partial charge is 0.329 e. The van der Waals surface area contributed by atoms with Crippen LogP contribution in [0.3, 0.4) is 0 Å². The van der Waals surface area contributed by atoms with E-state index in [1.807, 2.05) is 11.3 Å². The van der Waals surface area contributed by atoms with Crippen molar-refractivity contribution in [3.8, 4) is 0 Å². The van der Waals surface area contributed by atoms with Gasteiger partial charge in [-0.1, -0.05) is 0 Å². The van der Waals surface area contributed by atoms with Crippen molar-refractivity contribution in [2.24, 2.45) is 5.73 Å². The van der Waals surface area contributed by atoms with Gasteiger partial charge in [0.1, 0.15) is 0 Å². The van der Waals surface area contributed by atoms with E-state index in [1.54, 1.807) is 10.4 Å². The molecule has 1 unspecified atom stereocenters. The monoisotopic (exact) mass is 279 g/mol. The highest BCUT2D eigenvalue weighted by atomic mass is 32.1. The molecule has 0 amide bonds. The van der Waals surface area contributed by atoms with Crippen molar-refractivity contribution in [2.45, 2.75) is 37.8 Å². The molecule has 1 atom stereocenters.